The number of rotatable bonds is 5. The molecular weight excluding hydrogens is 364 g/mol. The van der Waals surface area contributed by atoms with Crippen LogP contribution in [-0.4, -0.2) is 6.04 Å². The first-order chi connectivity index (χ1) is 14.0. The Morgan fingerprint density at radius 3 is 1.90 bits per heavy atom. The second kappa shape index (κ2) is 8.30. The molecule has 0 amide bonds. The van der Waals surface area contributed by atoms with Gasteiger partial charge in [0, 0.05) is 17.5 Å². The molecule has 3 aromatic carbocycles. The molecule has 0 aromatic heterocycles. The van der Waals surface area contributed by atoms with E-state index in [9.17, 15) is 8.78 Å². The molecule has 0 saturated carbocycles. The van der Waals surface area contributed by atoms with E-state index in [2.05, 4.69) is 66.0 Å². The molecule has 2 atom stereocenters. The number of halogens is 2. The van der Waals surface area contributed by atoms with Gasteiger partial charge < -0.3 is 0 Å². The Hall–Kier alpha value is -2.78. The third-order valence-corrected chi connectivity index (χ3v) is 5.84. The van der Waals surface area contributed by atoms with E-state index in [1.165, 1.54) is 23.3 Å². The molecule has 1 N–H and O–H groups in total. The molecule has 4 rings (SSSR count). The van der Waals surface area contributed by atoms with Crippen LogP contribution in [0.3, 0.4) is 0 Å². The first-order valence-electron chi connectivity index (χ1n) is 10.1. The lowest BCUT2D eigenvalue weighted by atomic mass is 9.74. The monoisotopic (exact) mass is 389 g/mol. The molecule has 0 fully saturated rings. The third-order valence-electron chi connectivity index (χ3n) is 5.84. The van der Waals surface area contributed by atoms with Crippen molar-refractivity contribution in [1.29, 1.82) is 0 Å². The zero-order valence-corrected chi connectivity index (χ0v) is 16.5. The SMILES string of the molecule is C[C@]1(c2cc(F)cc(F)c2)C=C[C@H](NC(c2ccccc2)c2ccccc2)CC1. The summed E-state index contributed by atoms with van der Waals surface area (Å²) >= 11 is 0. The van der Waals surface area contributed by atoms with Crippen LogP contribution >= 0.6 is 0 Å². The molecule has 29 heavy (non-hydrogen) atoms. The van der Waals surface area contributed by atoms with Crippen molar-refractivity contribution in [3.05, 3.63) is 119 Å². The Bertz CT molecular complexity index is 924. The summed E-state index contributed by atoms with van der Waals surface area (Å²) < 4.78 is 27.4. The van der Waals surface area contributed by atoms with Gasteiger partial charge in [-0.3, -0.25) is 5.32 Å². The Morgan fingerprint density at radius 2 is 1.41 bits per heavy atom. The first kappa shape index (κ1) is 19.5. The highest BCUT2D eigenvalue weighted by Gasteiger charge is 2.30. The minimum absolute atomic E-state index is 0.0861. The van der Waals surface area contributed by atoms with Crippen LogP contribution in [0.1, 0.15) is 42.5 Å². The maximum Gasteiger partial charge on any atom is 0.126 e. The second-order valence-electron chi connectivity index (χ2n) is 8.00. The summed E-state index contributed by atoms with van der Waals surface area (Å²) in [6, 6.07) is 24.9. The zero-order chi connectivity index (χ0) is 20.3. The van der Waals surface area contributed by atoms with Crippen molar-refractivity contribution >= 4 is 0 Å². The molecule has 148 valence electrons. The summed E-state index contributed by atoms with van der Waals surface area (Å²) in [4.78, 5) is 0. The highest BCUT2D eigenvalue weighted by atomic mass is 19.1. The van der Waals surface area contributed by atoms with E-state index in [1.54, 1.807) is 0 Å². The van der Waals surface area contributed by atoms with Gasteiger partial charge >= 0.3 is 0 Å². The van der Waals surface area contributed by atoms with Crippen molar-refractivity contribution in [1.82, 2.24) is 5.32 Å². The van der Waals surface area contributed by atoms with E-state index in [4.69, 9.17) is 0 Å². The van der Waals surface area contributed by atoms with Gasteiger partial charge in [0.1, 0.15) is 11.6 Å². The van der Waals surface area contributed by atoms with Crippen LogP contribution < -0.4 is 5.32 Å². The first-order valence-corrected chi connectivity index (χ1v) is 10.1. The van der Waals surface area contributed by atoms with Crippen molar-refractivity contribution in [2.75, 3.05) is 0 Å². The van der Waals surface area contributed by atoms with Gasteiger partial charge in [-0.1, -0.05) is 79.7 Å². The molecule has 0 unspecified atom stereocenters. The Labute approximate surface area is 171 Å². The van der Waals surface area contributed by atoms with Gasteiger partial charge in [-0.25, -0.2) is 8.78 Å². The lowest BCUT2D eigenvalue weighted by Crippen LogP contribution is -2.37. The highest BCUT2D eigenvalue weighted by Crippen LogP contribution is 2.36. The number of allylic oxidation sites excluding steroid dienone is 1. The summed E-state index contributed by atoms with van der Waals surface area (Å²) in [6.45, 7) is 2.04. The Kier molecular flexibility index (Phi) is 5.59. The molecule has 1 aliphatic carbocycles. The van der Waals surface area contributed by atoms with E-state index in [0.29, 0.717) is 5.56 Å². The highest BCUT2D eigenvalue weighted by molar-refractivity contribution is 5.35. The molecule has 0 heterocycles. The zero-order valence-electron chi connectivity index (χ0n) is 16.5. The summed E-state index contributed by atoms with van der Waals surface area (Å²) in [6.07, 6.45) is 5.95. The van der Waals surface area contributed by atoms with E-state index < -0.39 is 11.6 Å². The van der Waals surface area contributed by atoms with Gasteiger partial charge in [0.15, 0.2) is 0 Å². The molecule has 3 heteroatoms. The molecule has 0 radical (unpaired) electrons. The fourth-order valence-electron chi connectivity index (χ4n) is 4.12. The average Bonchev–Trinajstić information content (AvgIpc) is 2.74. The number of hydrogen-bond acceptors (Lipinski definition) is 1. The van der Waals surface area contributed by atoms with Crippen LogP contribution in [0.4, 0.5) is 8.78 Å². The Morgan fingerprint density at radius 1 is 0.862 bits per heavy atom. The van der Waals surface area contributed by atoms with Gasteiger partial charge in [0.2, 0.25) is 0 Å². The smallest absolute Gasteiger partial charge is 0.126 e. The van der Waals surface area contributed by atoms with Crippen LogP contribution in [-0.2, 0) is 5.41 Å². The summed E-state index contributed by atoms with van der Waals surface area (Å²) in [5.41, 5.74) is 2.75. The Balaban J connectivity index is 1.57. The molecule has 1 aliphatic rings. The van der Waals surface area contributed by atoms with Crippen molar-refractivity contribution in [3.8, 4) is 0 Å². The van der Waals surface area contributed by atoms with Crippen LogP contribution in [0.25, 0.3) is 0 Å². The quantitative estimate of drug-likeness (QED) is 0.504. The standard InChI is InChI=1S/C26H25F2N/c1-26(21-16-22(27)18-23(28)17-21)14-12-24(13-15-26)29-25(19-8-4-2-5-9-19)20-10-6-3-7-11-20/h2-12,14,16-18,24-25,29H,13,15H2,1H3/t24-,26-/m0/s1. The van der Waals surface area contributed by atoms with Crippen molar-refractivity contribution in [2.24, 2.45) is 0 Å². The molecule has 0 saturated heterocycles. The number of benzene rings is 3. The van der Waals surface area contributed by atoms with Crippen LogP contribution in [0.5, 0.6) is 0 Å². The molecule has 3 aromatic rings. The lowest BCUT2D eigenvalue weighted by Gasteiger charge is -2.35. The fourth-order valence-corrected chi connectivity index (χ4v) is 4.12. The van der Waals surface area contributed by atoms with Gasteiger partial charge in [-0.2, -0.15) is 0 Å². The van der Waals surface area contributed by atoms with Gasteiger partial charge in [-0.05, 0) is 41.7 Å². The minimum Gasteiger partial charge on any atom is -0.300 e. The van der Waals surface area contributed by atoms with E-state index in [1.807, 2.05) is 19.1 Å². The summed E-state index contributed by atoms with van der Waals surface area (Å²) in [5.74, 6) is -1.05. The lowest BCUT2D eigenvalue weighted by molar-refractivity contribution is 0.409. The third kappa shape index (κ3) is 4.46. The second-order valence-corrected chi connectivity index (χ2v) is 8.00. The van der Waals surface area contributed by atoms with Crippen molar-refractivity contribution < 1.29 is 8.78 Å². The predicted octanol–water partition coefficient (Wildman–Crippen LogP) is 6.32. The maximum atomic E-state index is 13.7. The molecule has 0 bridgehead atoms. The average molecular weight is 389 g/mol. The van der Waals surface area contributed by atoms with Crippen LogP contribution in [0.15, 0.2) is 91.0 Å². The van der Waals surface area contributed by atoms with Gasteiger partial charge in [-0.15, -0.1) is 0 Å². The minimum atomic E-state index is -0.525. The maximum absolute atomic E-state index is 13.7. The van der Waals surface area contributed by atoms with Gasteiger partial charge in [0.05, 0.1) is 6.04 Å². The largest absolute Gasteiger partial charge is 0.300 e. The molecule has 1 nitrogen and oxygen atoms in total. The van der Waals surface area contributed by atoms with Crippen molar-refractivity contribution in [3.63, 3.8) is 0 Å². The summed E-state index contributed by atoms with van der Waals surface area (Å²) in [5, 5.41) is 3.77. The predicted molar refractivity (Wildman–Crippen MR) is 114 cm³/mol. The van der Waals surface area contributed by atoms with Crippen LogP contribution in [0.2, 0.25) is 0 Å². The molecular formula is C26H25F2N. The molecule has 0 spiro atoms. The molecule has 0 aliphatic heterocycles. The van der Waals surface area contributed by atoms with E-state index in [-0.39, 0.29) is 17.5 Å². The van der Waals surface area contributed by atoms with Gasteiger partial charge in [0.25, 0.3) is 0 Å². The van der Waals surface area contributed by atoms with Crippen molar-refractivity contribution in [2.45, 2.75) is 37.3 Å². The number of nitrogens with one attached hydrogen (secondary N) is 1. The fraction of sp³-hybridized carbons (Fsp3) is 0.231. The van der Waals surface area contributed by atoms with E-state index >= 15 is 0 Å². The summed E-state index contributed by atoms with van der Waals surface area (Å²) in [7, 11) is 0. The number of hydrogen-bond donors (Lipinski definition) is 1. The normalized spacial score (nSPS) is 21.4. The van der Waals surface area contributed by atoms with E-state index in [0.717, 1.165) is 18.9 Å². The topological polar surface area (TPSA) is 12.0 Å². The van der Waals surface area contributed by atoms with Crippen LogP contribution in [0, 0.1) is 11.6 Å².